The summed E-state index contributed by atoms with van der Waals surface area (Å²) in [5.74, 6) is 0. The van der Waals surface area contributed by atoms with Gasteiger partial charge in [0, 0.05) is 6.61 Å². The first-order valence-electron chi connectivity index (χ1n) is 1.14. The molecule has 1 nitrogen and oxygen atoms in total. The molecular weight excluding hydrogens is 182 g/mol. The van der Waals surface area contributed by atoms with Crippen molar-refractivity contribution in [2.45, 2.75) is 6.92 Å². The summed E-state index contributed by atoms with van der Waals surface area (Å²) in [6.07, 6.45) is 0. The van der Waals surface area contributed by atoms with Crippen molar-refractivity contribution in [3.8, 4) is 0 Å². The molecule has 0 aromatic carbocycles. The van der Waals surface area contributed by atoms with Crippen molar-refractivity contribution in [1.29, 1.82) is 0 Å². The molecule has 3 heteroatoms. The fraction of sp³-hybridized carbons (Fsp3) is 1.00. The monoisotopic (exact) mass is 187 g/mol. The van der Waals surface area contributed by atoms with Crippen molar-refractivity contribution in [2.75, 3.05) is 6.61 Å². The van der Waals surface area contributed by atoms with Gasteiger partial charge in [-0.2, -0.15) is 0 Å². The molecule has 0 spiro atoms. The number of hydrogen-bond donors (Lipinski definition) is 1. The molecule has 0 saturated heterocycles. The first-order valence-corrected chi connectivity index (χ1v) is 3.14. The predicted molar refractivity (Wildman–Crippen MR) is 18.6 cm³/mol. The van der Waals surface area contributed by atoms with E-state index >= 15 is 0 Å². The fourth-order valence-electron chi connectivity index (χ4n) is 0. The first kappa shape index (κ1) is 9.32. The summed E-state index contributed by atoms with van der Waals surface area (Å²) in [6, 6.07) is 0. The van der Waals surface area contributed by atoms with E-state index in [1.165, 1.54) is 0 Å². The van der Waals surface area contributed by atoms with Crippen LogP contribution in [0.15, 0.2) is 0 Å². The summed E-state index contributed by atoms with van der Waals surface area (Å²) in [5, 5.41) is 7.57. The van der Waals surface area contributed by atoms with E-state index in [0.717, 1.165) is 0 Å². The van der Waals surface area contributed by atoms with Gasteiger partial charge in [-0.3, -0.25) is 0 Å². The van der Waals surface area contributed by atoms with Gasteiger partial charge in [-0.25, -0.2) is 0 Å². The van der Waals surface area contributed by atoms with Crippen molar-refractivity contribution >= 4 is 9.53 Å². The minimum atomic E-state index is 0.250. The van der Waals surface area contributed by atoms with Crippen LogP contribution in [0.2, 0.25) is 0 Å². The van der Waals surface area contributed by atoms with Crippen molar-refractivity contribution in [1.82, 2.24) is 0 Å². The number of hydrogen-bond acceptors (Lipinski definition) is 1. The molecule has 0 atom stereocenters. The molecule has 5 heavy (non-hydrogen) atoms. The minimum absolute atomic E-state index is 0.250. The summed E-state index contributed by atoms with van der Waals surface area (Å²) in [4.78, 5) is 0. The number of aliphatic hydroxyl groups is 1. The van der Waals surface area contributed by atoms with Gasteiger partial charge in [-0.15, -0.1) is 0 Å². The third-order valence-electron chi connectivity index (χ3n) is 0. The fourth-order valence-corrected chi connectivity index (χ4v) is 0. The van der Waals surface area contributed by atoms with Crippen molar-refractivity contribution < 1.29 is 23.3 Å². The second-order valence-electron chi connectivity index (χ2n) is 0.316. The Morgan fingerprint density at radius 1 is 1.80 bits per heavy atom. The molecule has 0 aliphatic rings. The molecule has 0 fully saturated rings. The molecule has 37 valence electrons. The van der Waals surface area contributed by atoms with Crippen molar-refractivity contribution in [3.05, 3.63) is 0 Å². The number of aliphatic hydroxyl groups excluding tert-OH is 1. The van der Waals surface area contributed by atoms with Gasteiger partial charge in [-0.05, 0) is 6.92 Å². The summed E-state index contributed by atoms with van der Waals surface area (Å²) in [6.45, 7) is 1.93. The van der Waals surface area contributed by atoms with Crippen LogP contribution in [0.5, 0.6) is 0 Å². The van der Waals surface area contributed by atoms with Crippen LogP contribution in [-0.4, -0.2) is 11.7 Å². The average molecular weight is 188 g/mol. The Balaban J connectivity index is 0. The van der Waals surface area contributed by atoms with Crippen LogP contribution in [-0.2, 0) is 18.2 Å². The van der Waals surface area contributed by atoms with Gasteiger partial charge in [0.25, 0.3) is 0 Å². The third kappa shape index (κ3) is 50.1. The van der Waals surface area contributed by atoms with E-state index in [0.29, 0.717) is 0 Å². The van der Waals surface area contributed by atoms with Gasteiger partial charge in [0.1, 0.15) is 0 Å². The SMILES string of the molecule is CCO.[Cl][Pd]. The topological polar surface area (TPSA) is 20.2 Å². The van der Waals surface area contributed by atoms with Crippen LogP contribution >= 0.6 is 9.53 Å². The van der Waals surface area contributed by atoms with Crippen molar-refractivity contribution in [2.24, 2.45) is 0 Å². The quantitative estimate of drug-likeness (QED) is 0.554. The van der Waals surface area contributed by atoms with E-state index in [1.54, 1.807) is 6.92 Å². The summed E-state index contributed by atoms with van der Waals surface area (Å²) in [5.41, 5.74) is 0. The Morgan fingerprint density at radius 3 is 1.80 bits per heavy atom. The average Bonchev–Trinajstić information content (AvgIpc) is 1.46. The molecule has 0 radical (unpaired) electrons. The Labute approximate surface area is 46.7 Å². The van der Waals surface area contributed by atoms with Crippen LogP contribution in [0, 0.1) is 0 Å². The molecule has 0 bridgehead atoms. The Morgan fingerprint density at radius 2 is 1.80 bits per heavy atom. The van der Waals surface area contributed by atoms with Gasteiger partial charge in [-0.1, -0.05) is 0 Å². The molecule has 0 amide bonds. The number of rotatable bonds is 0. The molecule has 0 aromatic heterocycles. The van der Waals surface area contributed by atoms with E-state index in [9.17, 15) is 0 Å². The maximum atomic E-state index is 7.57. The predicted octanol–water partition coefficient (Wildman–Crippen LogP) is 0.686. The molecule has 0 heterocycles. The second-order valence-corrected chi connectivity index (χ2v) is 0.316. The molecule has 1 N–H and O–H groups in total. The zero-order valence-electron chi connectivity index (χ0n) is 2.85. The van der Waals surface area contributed by atoms with Crippen molar-refractivity contribution in [3.63, 3.8) is 0 Å². The summed E-state index contributed by atoms with van der Waals surface area (Å²) in [7, 11) is 4.49. The molecular formula is C2H6ClOPd. The Kier molecular flexibility index (Phi) is 38.3. The summed E-state index contributed by atoms with van der Waals surface area (Å²) >= 11 is 2.22. The molecule has 0 aliphatic heterocycles. The Hall–Kier alpha value is 0.912. The van der Waals surface area contributed by atoms with Gasteiger partial charge in [0.2, 0.25) is 0 Å². The third-order valence-corrected chi connectivity index (χ3v) is 0. The first-order chi connectivity index (χ1) is 2.41. The maximum absolute atomic E-state index is 7.57. The standard InChI is InChI=1S/C2H6O.ClH.Pd/c1-2-3;;/h3H,2H2,1H3;1H;/q;;+1/p-1. The van der Waals surface area contributed by atoms with E-state index in [2.05, 4.69) is 27.7 Å². The molecule has 0 rings (SSSR count). The zero-order chi connectivity index (χ0) is 4.71. The van der Waals surface area contributed by atoms with E-state index in [4.69, 9.17) is 5.11 Å². The normalized spacial score (nSPS) is 5.00. The van der Waals surface area contributed by atoms with Crippen LogP contribution < -0.4 is 0 Å². The Bertz CT molecular complexity index is 9.61. The van der Waals surface area contributed by atoms with E-state index < -0.39 is 0 Å². The van der Waals surface area contributed by atoms with E-state index in [1.807, 2.05) is 0 Å². The zero-order valence-corrected chi connectivity index (χ0v) is 5.16. The van der Waals surface area contributed by atoms with Crippen LogP contribution in [0.4, 0.5) is 0 Å². The molecule has 0 aromatic rings. The molecule has 0 unspecified atom stereocenters. The molecule has 0 aliphatic carbocycles. The van der Waals surface area contributed by atoms with Crippen LogP contribution in [0.3, 0.4) is 0 Å². The van der Waals surface area contributed by atoms with Crippen LogP contribution in [0.25, 0.3) is 0 Å². The van der Waals surface area contributed by atoms with E-state index in [-0.39, 0.29) is 6.61 Å². The van der Waals surface area contributed by atoms with Gasteiger partial charge < -0.3 is 5.11 Å². The number of halogens is 1. The van der Waals surface area contributed by atoms with Gasteiger partial charge >= 0.3 is 27.7 Å². The van der Waals surface area contributed by atoms with Gasteiger partial charge in [0.05, 0.1) is 0 Å². The summed E-state index contributed by atoms with van der Waals surface area (Å²) < 4.78 is 0. The van der Waals surface area contributed by atoms with Gasteiger partial charge in [0.15, 0.2) is 0 Å². The molecule has 0 saturated carbocycles. The second kappa shape index (κ2) is 20.6. The van der Waals surface area contributed by atoms with Crippen LogP contribution in [0.1, 0.15) is 6.92 Å².